The monoisotopic (exact) mass is 490 g/mol. The van der Waals surface area contributed by atoms with Crippen LogP contribution in [-0.4, -0.2) is 26.9 Å². The number of nitrogens with one attached hydrogen (secondary N) is 1. The number of carboxylic acid groups (broad SMARTS) is 1. The van der Waals surface area contributed by atoms with Gasteiger partial charge < -0.3 is 10.4 Å². The Kier molecular flexibility index (Phi) is 6.53. The second-order valence-electron chi connectivity index (χ2n) is 6.97. The lowest BCUT2D eigenvalue weighted by molar-refractivity contribution is -0.384. The number of fused-ring (bicyclic) bond motifs is 1. The van der Waals surface area contributed by atoms with Gasteiger partial charge in [0.15, 0.2) is 4.34 Å². The number of thiazole rings is 1. The maximum absolute atomic E-state index is 12.7. The molecule has 2 N–H and O–H groups in total. The number of rotatable bonds is 7. The molecular weight excluding hydrogens is 476 g/mol. The van der Waals surface area contributed by atoms with Crippen LogP contribution in [0.25, 0.3) is 10.2 Å². The van der Waals surface area contributed by atoms with Gasteiger partial charge in [-0.2, -0.15) is 5.26 Å². The molecule has 0 fully saturated rings. The van der Waals surface area contributed by atoms with Crippen molar-refractivity contribution in [1.29, 1.82) is 5.26 Å². The van der Waals surface area contributed by atoms with E-state index in [2.05, 4.69) is 16.4 Å². The maximum atomic E-state index is 12.7. The van der Waals surface area contributed by atoms with E-state index in [1.165, 1.54) is 23.1 Å². The minimum absolute atomic E-state index is 0.185. The largest absolute Gasteiger partial charge is 0.478 e. The van der Waals surface area contributed by atoms with Gasteiger partial charge in [0.1, 0.15) is 0 Å². The van der Waals surface area contributed by atoms with Gasteiger partial charge >= 0.3 is 5.97 Å². The van der Waals surface area contributed by atoms with Crippen LogP contribution in [0, 0.1) is 21.4 Å². The van der Waals surface area contributed by atoms with Crippen molar-refractivity contribution in [2.45, 2.75) is 10.1 Å². The molecular formula is C23H14N4O5S2. The van der Waals surface area contributed by atoms with E-state index in [4.69, 9.17) is 0 Å². The average Bonchev–Trinajstić information content (AvgIpc) is 3.24. The zero-order valence-electron chi connectivity index (χ0n) is 17.2. The van der Waals surface area contributed by atoms with E-state index in [0.717, 1.165) is 38.3 Å². The summed E-state index contributed by atoms with van der Waals surface area (Å²) in [7, 11) is 0. The number of anilines is 1. The molecule has 9 nitrogen and oxygen atoms in total. The third-order valence-electron chi connectivity index (χ3n) is 4.80. The van der Waals surface area contributed by atoms with Gasteiger partial charge in [0.05, 0.1) is 37.9 Å². The van der Waals surface area contributed by atoms with Crippen molar-refractivity contribution in [2.24, 2.45) is 0 Å². The molecule has 0 atom stereocenters. The minimum atomic E-state index is -1.44. The van der Waals surface area contributed by atoms with Crippen molar-refractivity contribution in [2.75, 3.05) is 5.32 Å². The van der Waals surface area contributed by atoms with Crippen LogP contribution in [0.5, 0.6) is 0 Å². The van der Waals surface area contributed by atoms with E-state index in [1.807, 2.05) is 18.2 Å². The Balaban J connectivity index is 1.52. The van der Waals surface area contributed by atoms with Crippen LogP contribution in [0.4, 0.5) is 11.4 Å². The molecule has 0 spiro atoms. The van der Waals surface area contributed by atoms with Crippen LogP contribution in [-0.2, 0) is 5.75 Å². The first kappa shape index (κ1) is 22.9. The number of nitro benzene ring substituents is 1. The van der Waals surface area contributed by atoms with Gasteiger partial charge in [-0.15, -0.1) is 11.3 Å². The van der Waals surface area contributed by atoms with E-state index in [1.54, 1.807) is 24.3 Å². The lowest BCUT2D eigenvalue weighted by Gasteiger charge is -2.08. The first-order valence-corrected chi connectivity index (χ1v) is 11.5. The quantitative estimate of drug-likeness (QED) is 0.201. The highest BCUT2D eigenvalue weighted by Gasteiger charge is 2.21. The van der Waals surface area contributed by atoms with Gasteiger partial charge in [-0.3, -0.25) is 14.9 Å². The van der Waals surface area contributed by atoms with Crippen LogP contribution in [0.2, 0.25) is 0 Å². The molecule has 3 aromatic carbocycles. The number of hydrogen-bond donors (Lipinski definition) is 2. The first-order valence-electron chi connectivity index (χ1n) is 9.70. The van der Waals surface area contributed by atoms with E-state index in [9.17, 15) is 30.1 Å². The fourth-order valence-corrected chi connectivity index (χ4v) is 5.27. The Labute approximate surface area is 200 Å². The topological polar surface area (TPSA) is 146 Å². The zero-order valence-corrected chi connectivity index (χ0v) is 18.9. The molecule has 168 valence electrons. The van der Waals surface area contributed by atoms with Crippen LogP contribution >= 0.6 is 23.1 Å². The summed E-state index contributed by atoms with van der Waals surface area (Å²) < 4.78 is 1.62. The number of nitrogens with zero attached hydrogens (tertiary/aromatic N) is 3. The number of benzene rings is 3. The summed E-state index contributed by atoms with van der Waals surface area (Å²) in [6.45, 7) is 0. The third kappa shape index (κ3) is 4.88. The molecule has 0 bridgehead atoms. The number of aromatic carboxylic acids is 1. The number of carbonyl (C=O) groups is 2. The molecule has 1 amide bonds. The summed E-state index contributed by atoms with van der Waals surface area (Å²) in [5, 5.41) is 32.2. The second kappa shape index (κ2) is 9.70. The summed E-state index contributed by atoms with van der Waals surface area (Å²) in [4.78, 5) is 39.0. The SMILES string of the molecule is N#Cc1ccccc1CSc1nc2ccc(NC(=O)c3ccc([N+](=O)[O-])cc3C(=O)O)cc2s1. The molecule has 0 unspecified atom stereocenters. The summed E-state index contributed by atoms with van der Waals surface area (Å²) in [5.74, 6) is -1.55. The van der Waals surface area contributed by atoms with Crippen LogP contribution < -0.4 is 5.32 Å². The smallest absolute Gasteiger partial charge is 0.336 e. The van der Waals surface area contributed by atoms with Crippen LogP contribution in [0.15, 0.2) is 65.0 Å². The number of nitro groups is 1. The highest BCUT2D eigenvalue weighted by molar-refractivity contribution is 8.00. The van der Waals surface area contributed by atoms with Gasteiger partial charge in [0.25, 0.3) is 11.6 Å². The Morgan fingerprint density at radius 1 is 1.15 bits per heavy atom. The van der Waals surface area contributed by atoms with Gasteiger partial charge in [-0.1, -0.05) is 30.0 Å². The lowest BCUT2D eigenvalue weighted by Crippen LogP contribution is -2.16. The fraction of sp³-hybridized carbons (Fsp3) is 0.0435. The molecule has 0 aliphatic rings. The Morgan fingerprint density at radius 3 is 2.68 bits per heavy atom. The van der Waals surface area contributed by atoms with E-state index < -0.39 is 28.1 Å². The molecule has 1 aromatic heterocycles. The minimum Gasteiger partial charge on any atom is -0.478 e. The number of carboxylic acids is 1. The molecule has 4 aromatic rings. The van der Waals surface area contributed by atoms with E-state index in [-0.39, 0.29) is 5.56 Å². The Morgan fingerprint density at radius 2 is 1.94 bits per heavy atom. The maximum Gasteiger partial charge on any atom is 0.336 e. The van der Waals surface area contributed by atoms with Crippen molar-refractivity contribution in [3.63, 3.8) is 0 Å². The predicted octanol–water partition coefficient (Wildman–Crippen LogP) is 5.32. The zero-order chi connectivity index (χ0) is 24.2. The van der Waals surface area contributed by atoms with E-state index in [0.29, 0.717) is 17.0 Å². The molecule has 0 aliphatic heterocycles. The van der Waals surface area contributed by atoms with Gasteiger partial charge in [0, 0.05) is 23.6 Å². The lowest BCUT2D eigenvalue weighted by atomic mass is 10.1. The molecule has 0 aliphatic carbocycles. The van der Waals surface area contributed by atoms with Crippen molar-refractivity contribution in [3.05, 3.63) is 93.0 Å². The van der Waals surface area contributed by atoms with Crippen molar-refractivity contribution < 1.29 is 19.6 Å². The summed E-state index contributed by atoms with van der Waals surface area (Å²) in [5.41, 5.74) is 1.65. The predicted molar refractivity (Wildman–Crippen MR) is 128 cm³/mol. The summed E-state index contributed by atoms with van der Waals surface area (Å²) in [6.07, 6.45) is 0. The molecule has 0 saturated carbocycles. The Bertz CT molecular complexity index is 1490. The number of amides is 1. The number of carbonyl (C=O) groups excluding carboxylic acids is 1. The summed E-state index contributed by atoms with van der Waals surface area (Å²) in [6, 6.07) is 17.7. The molecule has 4 rings (SSSR count). The number of thioether (sulfide) groups is 1. The first-order chi connectivity index (χ1) is 16.4. The third-order valence-corrected chi connectivity index (χ3v) is 7.01. The van der Waals surface area contributed by atoms with Gasteiger partial charge in [0.2, 0.25) is 0 Å². The van der Waals surface area contributed by atoms with E-state index >= 15 is 0 Å². The highest BCUT2D eigenvalue weighted by atomic mass is 32.2. The molecule has 0 radical (unpaired) electrons. The van der Waals surface area contributed by atoms with Crippen molar-refractivity contribution >= 4 is 56.6 Å². The molecule has 34 heavy (non-hydrogen) atoms. The van der Waals surface area contributed by atoms with Crippen LogP contribution in [0.1, 0.15) is 31.8 Å². The summed E-state index contributed by atoms with van der Waals surface area (Å²) >= 11 is 2.93. The molecule has 1 heterocycles. The van der Waals surface area contributed by atoms with Gasteiger partial charge in [-0.25, -0.2) is 9.78 Å². The van der Waals surface area contributed by atoms with Crippen molar-refractivity contribution in [3.8, 4) is 6.07 Å². The molecule has 11 heteroatoms. The van der Waals surface area contributed by atoms with Crippen molar-refractivity contribution in [1.82, 2.24) is 4.98 Å². The number of aromatic nitrogens is 1. The highest BCUT2D eigenvalue weighted by Crippen LogP contribution is 2.33. The standard InChI is InChI=1S/C23H14N4O5S2/c24-11-13-3-1-2-4-14(13)12-33-23-26-19-8-5-15(9-20(19)34-23)25-21(28)17-7-6-16(27(31)32)10-18(17)22(29)30/h1-10H,12H2,(H,25,28)(H,29,30). The molecule has 0 saturated heterocycles. The Hall–Kier alpha value is -4.27. The second-order valence-corrected chi connectivity index (χ2v) is 9.22. The fourth-order valence-electron chi connectivity index (χ4n) is 3.16. The van der Waals surface area contributed by atoms with Crippen LogP contribution in [0.3, 0.4) is 0 Å². The number of hydrogen-bond acceptors (Lipinski definition) is 8. The number of nitriles is 1. The average molecular weight is 491 g/mol. The van der Waals surface area contributed by atoms with Gasteiger partial charge in [-0.05, 0) is 35.9 Å². The normalized spacial score (nSPS) is 10.6. The number of non-ortho nitro benzene ring substituents is 1.